The second-order valence-electron chi connectivity index (χ2n) is 5.29. The first-order valence-corrected chi connectivity index (χ1v) is 7.21. The topological polar surface area (TPSA) is 49.4 Å². The minimum atomic E-state index is -0.607. The van der Waals surface area contributed by atoms with Crippen LogP contribution in [0.4, 0.5) is 0 Å². The molecule has 3 unspecified atom stereocenters. The summed E-state index contributed by atoms with van der Waals surface area (Å²) in [6, 6.07) is 8.09. The lowest BCUT2D eigenvalue weighted by Crippen LogP contribution is -2.61. The van der Waals surface area contributed by atoms with Gasteiger partial charge in [0.05, 0.1) is 0 Å². The maximum atomic E-state index is 12.6. The molecule has 3 atom stereocenters. The molecule has 2 amide bonds. The van der Waals surface area contributed by atoms with Crippen molar-refractivity contribution in [1.82, 2.24) is 10.2 Å². The number of nitrogens with zero attached hydrogens (tertiary/aromatic N) is 1. The fourth-order valence-corrected chi connectivity index (χ4v) is 2.71. The monoisotopic (exact) mass is 284 g/mol. The Bertz CT molecular complexity index is 562. The van der Waals surface area contributed by atoms with Crippen LogP contribution in [0, 0.1) is 12.3 Å². The fraction of sp³-hybridized carbons (Fsp3) is 0.412. The highest BCUT2D eigenvalue weighted by Crippen LogP contribution is 2.29. The van der Waals surface area contributed by atoms with Crippen LogP contribution in [0.2, 0.25) is 0 Å². The van der Waals surface area contributed by atoms with Gasteiger partial charge in [0.25, 0.3) is 0 Å². The number of hydrogen-bond donors (Lipinski definition) is 1. The van der Waals surface area contributed by atoms with Crippen molar-refractivity contribution in [2.24, 2.45) is 0 Å². The van der Waals surface area contributed by atoms with Crippen molar-refractivity contribution >= 4 is 11.8 Å². The number of rotatable bonds is 4. The van der Waals surface area contributed by atoms with Crippen LogP contribution in [-0.2, 0) is 9.59 Å². The maximum Gasteiger partial charge on any atom is 0.248 e. The third-order valence-corrected chi connectivity index (χ3v) is 3.81. The number of carbonyl (C=O) groups is 2. The summed E-state index contributed by atoms with van der Waals surface area (Å²) < 4.78 is 0. The molecule has 0 aromatic heterocycles. The largest absolute Gasteiger partial charge is 0.342 e. The number of benzene rings is 1. The normalized spacial score (nSPS) is 23.4. The molecule has 1 heterocycles. The van der Waals surface area contributed by atoms with E-state index in [4.69, 9.17) is 6.42 Å². The molecule has 1 aromatic carbocycles. The molecule has 4 nitrogen and oxygen atoms in total. The second-order valence-corrected chi connectivity index (χ2v) is 5.29. The summed E-state index contributed by atoms with van der Waals surface area (Å²) in [7, 11) is 0. The van der Waals surface area contributed by atoms with Gasteiger partial charge < -0.3 is 10.2 Å². The highest BCUT2D eigenvalue weighted by Gasteiger charge is 2.42. The van der Waals surface area contributed by atoms with Gasteiger partial charge in [-0.1, -0.05) is 37.3 Å². The summed E-state index contributed by atoms with van der Waals surface area (Å²) >= 11 is 0. The molecule has 1 fully saturated rings. The molecular formula is C17H20N2O2. The van der Waals surface area contributed by atoms with E-state index in [1.165, 1.54) is 0 Å². The lowest BCUT2D eigenvalue weighted by atomic mass is 9.96. The van der Waals surface area contributed by atoms with Gasteiger partial charge in [-0.05, 0) is 18.9 Å². The van der Waals surface area contributed by atoms with Gasteiger partial charge in [-0.15, -0.1) is 12.3 Å². The van der Waals surface area contributed by atoms with E-state index in [-0.39, 0.29) is 17.9 Å². The van der Waals surface area contributed by atoms with E-state index in [0.29, 0.717) is 12.8 Å². The van der Waals surface area contributed by atoms with Crippen molar-refractivity contribution in [1.29, 1.82) is 0 Å². The Hall–Kier alpha value is -2.28. The van der Waals surface area contributed by atoms with Crippen molar-refractivity contribution in [3.63, 3.8) is 0 Å². The van der Waals surface area contributed by atoms with E-state index in [1.54, 1.807) is 4.90 Å². The van der Waals surface area contributed by atoms with E-state index in [0.717, 1.165) is 5.56 Å². The number of hydrogen-bond acceptors (Lipinski definition) is 2. The van der Waals surface area contributed by atoms with Crippen LogP contribution in [0.5, 0.6) is 0 Å². The van der Waals surface area contributed by atoms with Crippen LogP contribution < -0.4 is 5.32 Å². The van der Waals surface area contributed by atoms with Crippen molar-refractivity contribution in [3.05, 3.63) is 35.9 Å². The molecular weight excluding hydrogens is 264 g/mol. The number of nitrogens with one attached hydrogen (secondary N) is 1. The minimum Gasteiger partial charge on any atom is -0.342 e. The number of piperazine rings is 1. The van der Waals surface area contributed by atoms with Gasteiger partial charge in [0, 0.05) is 12.5 Å². The Balaban J connectivity index is 2.41. The van der Waals surface area contributed by atoms with Crippen molar-refractivity contribution < 1.29 is 9.59 Å². The van der Waals surface area contributed by atoms with Crippen LogP contribution in [0.25, 0.3) is 0 Å². The summed E-state index contributed by atoms with van der Waals surface area (Å²) in [5.41, 5.74) is 0.807. The molecule has 110 valence electrons. The predicted octanol–water partition coefficient (Wildman–Crippen LogP) is 1.88. The zero-order valence-electron chi connectivity index (χ0n) is 12.4. The van der Waals surface area contributed by atoms with Crippen LogP contribution in [0.3, 0.4) is 0 Å². The first kappa shape index (κ1) is 15.1. The van der Waals surface area contributed by atoms with Gasteiger partial charge in [-0.3, -0.25) is 9.59 Å². The molecule has 0 spiro atoms. The lowest BCUT2D eigenvalue weighted by molar-refractivity contribution is -0.152. The third-order valence-electron chi connectivity index (χ3n) is 3.81. The predicted molar refractivity (Wildman–Crippen MR) is 81.2 cm³/mol. The molecule has 1 aliphatic rings. The minimum absolute atomic E-state index is 0.0614. The molecule has 1 aliphatic heterocycles. The molecule has 2 rings (SSSR count). The smallest absolute Gasteiger partial charge is 0.248 e. The Kier molecular flexibility index (Phi) is 4.64. The second kappa shape index (κ2) is 6.45. The molecule has 0 aliphatic carbocycles. The van der Waals surface area contributed by atoms with E-state index >= 15 is 0 Å². The highest BCUT2D eigenvalue weighted by molar-refractivity contribution is 5.97. The van der Waals surface area contributed by atoms with Crippen molar-refractivity contribution in [3.8, 4) is 12.3 Å². The Morgan fingerprint density at radius 3 is 2.57 bits per heavy atom. The Morgan fingerprint density at radius 1 is 1.33 bits per heavy atom. The summed E-state index contributed by atoms with van der Waals surface area (Å²) in [5.74, 6) is 2.38. The van der Waals surface area contributed by atoms with Crippen molar-refractivity contribution in [2.45, 2.75) is 44.8 Å². The standard InChI is InChI=1S/C17H20N2O2/c1-4-9-12(3)19-15(13-10-7-6-8-11-13)16(20)18-14(5-2)17(19)21/h1,6-8,10-12,14-15H,5,9H2,2-3H3,(H,18,20). The first-order chi connectivity index (χ1) is 10.1. The van der Waals surface area contributed by atoms with Crippen LogP contribution in [0.1, 0.15) is 38.3 Å². The van der Waals surface area contributed by atoms with Gasteiger partial charge in [0.15, 0.2) is 0 Å². The average molecular weight is 284 g/mol. The number of carbonyl (C=O) groups excluding carboxylic acids is 2. The molecule has 21 heavy (non-hydrogen) atoms. The summed E-state index contributed by atoms with van der Waals surface area (Å²) in [4.78, 5) is 26.8. The van der Waals surface area contributed by atoms with Crippen LogP contribution in [-0.4, -0.2) is 28.8 Å². The molecule has 1 aromatic rings. The molecule has 1 saturated heterocycles. The van der Waals surface area contributed by atoms with Gasteiger partial charge in [0.2, 0.25) is 11.8 Å². The van der Waals surface area contributed by atoms with Crippen molar-refractivity contribution in [2.75, 3.05) is 0 Å². The van der Waals surface area contributed by atoms with Gasteiger partial charge >= 0.3 is 0 Å². The molecule has 0 saturated carbocycles. The lowest BCUT2D eigenvalue weighted by Gasteiger charge is -2.42. The van der Waals surface area contributed by atoms with Gasteiger partial charge in [-0.2, -0.15) is 0 Å². The zero-order valence-corrected chi connectivity index (χ0v) is 12.4. The van der Waals surface area contributed by atoms with Crippen LogP contribution in [0.15, 0.2) is 30.3 Å². The highest BCUT2D eigenvalue weighted by atomic mass is 16.2. The average Bonchev–Trinajstić information content (AvgIpc) is 2.49. The van der Waals surface area contributed by atoms with Gasteiger partial charge in [0.1, 0.15) is 12.1 Å². The maximum absolute atomic E-state index is 12.6. The zero-order chi connectivity index (χ0) is 15.4. The summed E-state index contributed by atoms with van der Waals surface area (Å²) in [5, 5.41) is 2.81. The quantitative estimate of drug-likeness (QED) is 0.858. The molecule has 0 bridgehead atoms. The summed E-state index contributed by atoms with van der Waals surface area (Å²) in [6.45, 7) is 3.77. The van der Waals surface area contributed by atoms with E-state index in [9.17, 15) is 9.59 Å². The van der Waals surface area contributed by atoms with E-state index < -0.39 is 12.1 Å². The van der Waals surface area contributed by atoms with Gasteiger partial charge in [-0.25, -0.2) is 0 Å². The third kappa shape index (κ3) is 2.92. The van der Waals surface area contributed by atoms with E-state index in [1.807, 2.05) is 44.2 Å². The molecule has 4 heteroatoms. The number of amides is 2. The molecule has 0 radical (unpaired) electrons. The number of terminal acetylenes is 1. The molecule has 1 N–H and O–H groups in total. The Morgan fingerprint density at radius 2 is 2.00 bits per heavy atom. The summed E-state index contributed by atoms with van der Waals surface area (Å²) in [6.07, 6.45) is 6.38. The SMILES string of the molecule is C#CCC(C)N1C(=O)C(CC)NC(=O)C1c1ccccc1. The fourth-order valence-electron chi connectivity index (χ4n) is 2.71. The van der Waals surface area contributed by atoms with Crippen LogP contribution >= 0.6 is 0 Å². The van der Waals surface area contributed by atoms with E-state index in [2.05, 4.69) is 11.2 Å². The first-order valence-electron chi connectivity index (χ1n) is 7.21. The Labute approximate surface area is 125 Å².